The Balaban J connectivity index is 1.79. The molecule has 2 aliphatic heterocycles. The molecule has 0 radical (unpaired) electrons. The van der Waals surface area contributed by atoms with Crippen LogP contribution in [0, 0.1) is 5.92 Å². The normalized spacial score (nSPS) is 35.8. The zero-order valence-electron chi connectivity index (χ0n) is 14.1. The van der Waals surface area contributed by atoms with Crippen LogP contribution in [0.3, 0.4) is 0 Å². The molecule has 22 heavy (non-hydrogen) atoms. The fourth-order valence-electron chi connectivity index (χ4n) is 3.62. The molecule has 2 fully saturated rings. The van der Waals surface area contributed by atoms with Gasteiger partial charge in [0.2, 0.25) is 0 Å². The van der Waals surface area contributed by atoms with E-state index in [1.807, 2.05) is 0 Å². The zero-order chi connectivity index (χ0) is 16.1. The Morgan fingerprint density at radius 3 is 2.55 bits per heavy atom. The Kier molecular flexibility index (Phi) is 6.39. The van der Waals surface area contributed by atoms with Crippen LogP contribution in [0.25, 0.3) is 0 Å². The van der Waals surface area contributed by atoms with Crippen molar-refractivity contribution in [3.63, 3.8) is 0 Å². The molecule has 0 aromatic carbocycles. The Labute approximate surface area is 134 Å². The van der Waals surface area contributed by atoms with E-state index in [1.54, 1.807) is 0 Å². The number of carbonyl (C=O) groups excluding carboxylic acids is 1. The summed E-state index contributed by atoms with van der Waals surface area (Å²) in [7, 11) is 0. The minimum atomic E-state index is 0.140. The van der Waals surface area contributed by atoms with Gasteiger partial charge in [-0.1, -0.05) is 27.0 Å². The summed E-state index contributed by atoms with van der Waals surface area (Å²) in [6, 6.07) is 0. The van der Waals surface area contributed by atoms with E-state index in [1.165, 1.54) is 11.1 Å². The lowest BCUT2D eigenvalue weighted by atomic mass is 9.86. The minimum absolute atomic E-state index is 0.140. The van der Waals surface area contributed by atoms with Crippen LogP contribution >= 0.6 is 0 Å². The highest BCUT2D eigenvalue weighted by molar-refractivity contribution is 5.49. The maximum absolute atomic E-state index is 10.5. The van der Waals surface area contributed by atoms with E-state index >= 15 is 0 Å². The minimum Gasteiger partial charge on any atom is -0.371 e. The van der Waals surface area contributed by atoms with Gasteiger partial charge in [0.15, 0.2) is 0 Å². The van der Waals surface area contributed by atoms with Gasteiger partial charge in [-0.25, -0.2) is 0 Å². The molecule has 3 nitrogen and oxygen atoms in total. The highest BCUT2D eigenvalue weighted by atomic mass is 16.5. The SMILES string of the molecule is C=C1CC(CCC=O)OC1CC[C@H]1CC(C)C(=C)C(CC)O1. The topological polar surface area (TPSA) is 35.5 Å². The summed E-state index contributed by atoms with van der Waals surface area (Å²) in [5.74, 6) is 0.539. The van der Waals surface area contributed by atoms with Gasteiger partial charge in [0.25, 0.3) is 0 Å². The molecule has 4 unspecified atom stereocenters. The number of hydrogen-bond acceptors (Lipinski definition) is 3. The Morgan fingerprint density at radius 2 is 1.86 bits per heavy atom. The largest absolute Gasteiger partial charge is 0.371 e. The summed E-state index contributed by atoms with van der Waals surface area (Å²) in [4.78, 5) is 10.5. The summed E-state index contributed by atoms with van der Waals surface area (Å²) in [5.41, 5.74) is 2.42. The van der Waals surface area contributed by atoms with E-state index in [0.29, 0.717) is 18.4 Å². The first kappa shape index (κ1) is 17.4. The first-order chi connectivity index (χ1) is 10.5. The summed E-state index contributed by atoms with van der Waals surface area (Å²) in [6.07, 6.45) is 8.12. The first-order valence-corrected chi connectivity index (χ1v) is 8.66. The van der Waals surface area contributed by atoms with Gasteiger partial charge in [-0.05, 0) is 55.6 Å². The van der Waals surface area contributed by atoms with Gasteiger partial charge >= 0.3 is 0 Å². The van der Waals surface area contributed by atoms with Crippen molar-refractivity contribution < 1.29 is 14.3 Å². The average molecular weight is 306 g/mol. The smallest absolute Gasteiger partial charge is 0.120 e. The van der Waals surface area contributed by atoms with Crippen molar-refractivity contribution in [3.05, 3.63) is 24.3 Å². The lowest BCUT2D eigenvalue weighted by Crippen LogP contribution is -2.34. The van der Waals surface area contributed by atoms with Gasteiger partial charge in [0.05, 0.1) is 24.4 Å². The third-order valence-corrected chi connectivity index (χ3v) is 5.05. The molecule has 0 aliphatic carbocycles. The maximum atomic E-state index is 10.5. The second-order valence-electron chi connectivity index (χ2n) is 6.80. The average Bonchev–Trinajstić information content (AvgIpc) is 2.86. The molecule has 124 valence electrons. The second kappa shape index (κ2) is 8.07. The molecule has 0 spiro atoms. The number of rotatable bonds is 7. The maximum Gasteiger partial charge on any atom is 0.120 e. The molecule has 2 rings (SSSR count). The quantitative estimate of drug-likeness (QED) is 0.522. The van der Waals surface area contributed by atoms with E-state index in [9.17, 15) is 4.79 Å². The lowest BCUT2D eigenvalue weighted by molar-refractivity contribution is -0.108. The molecule has 2 heterocycles. The Hall–Kier alpha value is -0.930. The number of aldehydes is 1. The Morgan fingerprint density at radius 1 is 1.14 bits per heavy atom. The summed E-state index contributed by atoms with van der Waals surface area (Å²) >= 11 is 0. The van der Waals surface area contributed by atoms with Crippen molar-refractivity contribution in [1.82, 2.24) is 0 Å². The standard InChI is InChI=1S/C19H30O3/c1-5-18-15(4)13(2)11-17(21-18)8-9-19-14(3)12-16(22-19)7-6-10-20/h10,13,16-19H,3-9,11-12H2,1-2H3/t13?,16?,17-,18?,19?/m0/s1. The van der Waals surface area contributed by atoms with Crippen LogP contribution in [0.15, 0.2) is 24.3 Å². The van der Waals surface area contributed by atoms with Crippen LogP contribution in [-0.4, -0.2) is 30.7 Å². The highest BCUT2D eigenvalue weighted by Crippen LogP contribution is 2.35. The number of ether oxygens (including phenoxy) is 2. The summed E-state index contributed by atoms with van der Waals surface area (Å²) in [6.45, 7) is 12.7. The summed E-state index contributed by atoms with van der Waals surface area (Å²) < 4.78 is 12.2. The predicted molar refractivity (Wildman–Crippen MR) is 88.8 cm³/mol. The molecular weight excluding hydrogens is 276 g/mol. The molecule has 0 aromatic rings. The molecule has 5 atom stereocenters. The van der Waals surface area contributed by atoms with Crippen molar-refractivity contribution in [2.45, 2.75) is 83.2 Å². The monoisotopic (exact) mass is 306 g/mol. The third-order valence-electron chi connectivity index (χ3n) is 5.05. The van der Waals surface area contributed by atoms with Crippen LogP contribution in [0.4, 0.5) is 0 Å². The molecule has 2 saturated heterocycles. The van der Waals surface area contributed by atoms with Gasteiger partial charge in [0.1, 0.15) is 6.29 Å². The zero-order valence-corrected chi connectivity index (χ0v) is 14.1. The van der Waals surface area contributed by atoms with Gasteiger partial charge in [0, 0.05) is 6.42 Å². The van der Waals surface area contributed by atoms with Crippen molar-refractivity contribution >= 4 is 6.29 Å². The molecule has 0 bridgehead atoms. The summed E-state index contributed by atoms with van der Waals surface area (Å²) in [5, 5.41) is 0. The number of hydrogen-bond donors (Lipinski definition) is 0. The van der Waals surface area contributed by atoms with Crippen molar-refractivity contribution in [2.75, 3.05) is 0 Å². The fourth-order valence-corrected chi connectivity index (χ4v) is 3.62. The fraction of sp³-hybridized carbons (Fsp3) is 0.737. The van der Waals surface area contributed by atoms with E-state index in [0.717, 1.165) is 44.8 Å². The van der Waals surface area contributed by atoms with Crippen LogP contribution < -0.4 is 0 Å². The van der Waals surface area contributed by atoms with Gasteiger partial charge in [-0.2, -0.15) is 0 Å². The van der Waals surface area contributed by atoms with Gasteiger partial charge in [-0.15, -0.1) is 0 Å². The predicted octanol–water partition coefficient (Wildman–Crippen LogP) is 4.22. The van der Waals surface area contributed by atoms with Crippen molar-refractivity contribution in [1.29, 1.82) is 0 Å². The van der Waals surface area contributed by atoms with E-state index < -0.39 is 0 Å². The molecule has 3 heteroatoms. The van der Waals surface area contributed by atoms with Crippen molar-refractivity contribution in [3.8, 4) is 0 Å². The highest BCUT2D eigenvalue weighted by Gasteiger charge is 2.32. The molecule has 2 aliphatic rings. The molecule has 0 saturated carbocycles. The van der Waals surface area contributed by atoms with E-state index in [2.05, 4.69) is 27.0 Å². The van der Waals surface area contributed by atoms with E-state index in [-0.39, 0.29) is 18.3 Å². The molecule has 0 amide bonds. The van der Waals surface area contributed by atoms with E-state index in [4.69, 9.17) is 9.47 Å². The lowest BCUT2D eigenvalue weighted by Gasteiger charge is -2.36. The van der Waals surface area contributed by atoms with Gasteiger partial charge in [-0.3, -0.25) is 0 Å². The van der Waals surface area contributed by atoms with Crippen LogP contribution in [0.1, 0.15) is 58.8 Å². The van der Waals surface area contributed by atoms with Crippen LogP contribution in [0.5, 0.6) is 0 Å². The molecule has 0 aromatic heterocycles. The van der Waals surface area contributed by atoms with Gasteiger partial charge < -0.3 is 14.3 Å². The third kappa shape index (κ3) is 4.30. The second-order valence-corrected chi connectivity index (χ2v) is 6.80. The molecular formula is C19H30O3. The van der Waals surface area contributed by atoms with Crippen molar-refractivity contribution in [2.24, 2.45) is 5.92 Å². The van der Waals surface area contributed by atoms with Crippen LogP contribution in [-0.2, 0) is 14.3 Å². The van der Waals surface area contributed by atoms with Crippen LogP contribution in [0.2, 0.25) is 0 Å². The number of carbonyl (C=O) groups is 1. The Bertz CT molecular complexity index is 415. The molecule has 0 N–H and O–H groups in total. The first-order valence-electron chi connectivity index (χ1n) is 8.66.